The zero-order chi connectivity index (χ0) is 18.5. The van der Waals surface area contributed by atoms with Gasteiger partial charge < -0.3 is 14.9 Å². The summed E-state index contributed by atoms with van der Waals surface area (Å²) in [6, 6.07) is 0. The van der Waals surface area contributed by atoms with Crippen molar-refractivity contribution in [2.75, 3.05) is 31.1 Å². The molecule has 3 fully saturated rings. The molecule has 0 spiro atoms. The first-order chi connectivity index (χ1) is 12.4. The first kappa shape index (κ1) is 17.7. The van der Waals surface area contributed by atoms with Gasteiger partial charge in [0.1, 0.15) is 10.4 Å². The zero-order valence-corrected chi connectivity index (χ0v) is 16.2. The van der Waals surface area contributed by atoms with Crippen LogP contribution < -0.4 is 4.90 Å². The lowest BCUT2D eigenvalue weighted by atomic mass is 9.81. The molecule has 142 valence electrons. The molecule has 1 aromatic heterocycles. The van der Waals surface area contributed by atoms with Crippen molar-refractivity contribution in [2.24, 2.45) is 17.3 Å². The number of hydrogen-bond donors (Lipinski definition) is 1. The van der Waals surface area contributed by atoms with E-state index in [-0.39, 0.29) is 17.7 Å². The first-order valence-corrected chi connectivity index (χ1v) is 10.3. The molecule has 2 aliphatic heterocycles. The fourth-order valence-corrected chi connectivity index (χ4v) is 5.55. The molecule has 7 nitrogen and oxygen atoms in total. The summed E-state index contributed by atoms with van der Waals surface area (Å²) in [7, 11) is 0. The normalized spacial score (nSPS) is 29.0. The summed E-state index contributed by atoms with van der Waals surface area (Å²) in [4.78, 5) is 28.8. The van der Waals surface area contributed by atoms with Gasteiger partial charge in [0.25, 0.3) is 0 Å². The lowest BCUT2D eigenvalue weighted by Gasteiger charge is -2.26. The highest BCUT2D eigenvalue weighted by atomic mass is 32.1. The topological polar surface area (TPSA) is 86.6 Å². The number of carbonyl (C=O) groups is 2. The summed E-state index contributed by atoms with van der Waals surface area (Å²) in [6.45, 7) is 6.08. The average molecular weight is 378 g/mol. The van der Waals surface area contributed by atoms with Crippen molar-refractivity contribution in [1.29, 1.82) is 0 Å². The van der Waals surface area contributed by atoms with Gasteiger partial charge in [-0.3, -0.25) is 9.59 Å². The molecule has 1 aliphatic carbocycles. The molecule has 1 N–H and O–H groups in total. The molecule has 8 heteroatoms. The van der Waals surface area contributed by atoms with E-state index in [0.29, 0.717) is 32.1 Å². The molecule has 0 aromatic carbocycles. The van der Waals surface area contributed by atoms with Gasteiger partial charge in [-0.05, 0) is 12.8 Å². The Hall–Kier alpha value is -1.70. The van der Waals surface area contributed by atoms with Gasteiger partial charge in [0, 0.05) is 43.9 Å². The van der Waals surface area contributed by atoms with Crippen molar-refractivity contribution < 1.29 is 14.7 Å². The third-order valence-corrected chi connectivity index (χ3v) is 7.53. The predicted molar refractivity (Wildman–Crippen MR) is 98.3 cm³/mol. The van der Waals surface area contributed by atoms with Gasteiger partial charge in [-0.25, -0.2) is 0 Å². The summed E-state index contributed by atoms with van der Waals surface area (Å²) >= 11 is 1.55. The second kappa shape index (κ2) is 6.48. The molecule has 26 heavy (non-hydrogen) atoms. The minimum Gasteiger partial charge on any atom is -0.481 e. The number of aliphatic carboxylic acids is 1. The highest BCUT2D eigenvalue weighted by molar-refractivity contribution is 7.15. The number of hydrogen-bond acceptors (Lipinski definition) is 6. The molecule has 4 rings (SSSR count). The molecule has 2 saturated heterocycles. The molecule has 1 aromatic rings. The van der Waals surface area contributed by atoms with Crippen LogP contribution in [0, 0.1) is 17.3 Å². The second-order valence-corrected chi connectivity index (χ2v) is 9.30. The molecular weight excluding hydrogens is 352 g/mol. The van der Waals surface area contributed by atoms with Crippen LogP contribution in [0.3, 0.4) is 0 Å². The molecule has 0 unspecified atom stereocenters. The number of carbonyl (C=O) groups excluding carboxylic acids is 1. The molecule has 3 heterocycles. The highest BCUT2D eigenvalue weighted by Crippen LogP contribution is 2.46. The Balaban J connectivity index is 1.51. The van der Waals surface area contributed by atoms with Crippen LogP contribution in [0.25, 0.3) is 0 Å². The van der Waals surface area contributed by atoms with E-state index in [2.05, 4.69) is 28.9 Å². The Bertz CT molecular complexity index is 715. The van der Waals surface area contributed by atoms with Crippen LogP contribution in [-0.2, 0) is 9.59 Å². The number of anilines is 1. The highest BCUT2D eigenvalue weighted by Gasteiger charge is 2.59. The maximum atomic E-state index is 12.8. The lowest BCUT2D eigenvalue weighted by Crippen LogP contribution is -2.43. The maximum Gasteiger partial charge on any atom is 0.313 e. The van der Waals surface area contributed by atoms with E-state index in [1.54, 1.807) is 11.3 Å². The standard InChI is InChI=1S/C18H26N4O3S/c1-11(2)14-19-20-17(26-14)22-8-13-7-21(9-18(13,10-22)16(24)25)15(23)12-5-3-4-6-12/h11-13H,3-10H2,1-2H3,(H,24,25)/t13-,18-/m0/s1. The van der Waals surface area contributed by atoms with Gasteiger partial charge in [-0.15, -0.1) is 10.2 Å². The summed E-state index contributed by atoms with van der Waals surface area (Å²) in [5.74, 6) is -0.247. The van der Waals surface area contributed by atoms with Crippen molar-refractivity contribution >= 4 is 28.3 Å². The third kappa shape index (κ3) is 2.78. The van der Waals surface area contributed by atoms with E-state index in [0.717, 1.165) is 35.8 Å². The number of amides is 1. The number of likely N-dealkylation sites (tertiary alicyclic amines) is 1. The van der Waals surface area contributed by atoms with E-state index in [4.69, 9.17) is 0 Å². The van der Waals surface area contributed by atoms with Gasteiger partial charge in [0.05, 0.1) is 0 Å². The third-order valence-electron chi connectivity index (χ3n) is 6.25. The van der Waals surface area contributed by atoms with Crippen LogP contribution in [-0.4, -0.2) is 58.3 Å². The van der Waals surface area contributed by atoms with Gasteiger partial charge in [0.2, 0.25) is 11.0 Å². The molecule has 1 saturated carbocycles. The summed E-state index contributed by atoms with van der Waals surface area (Å²) in [6.07, 6.45) is 4.13. The molecule has 0 radical (unpaired) electrons. The van der Waals surface area contributed by atoms with Gasteiger partial charge in [-0.2, -0.15) is 0 Å². The minimum atomic E-state index is -0.877. The number of rotatable bonds is 4. The number of fused-ring (bicyclic) bond motifs is 1. The maximum absolute atomic E-state index is 12.8. The molecule has 1 amide bonds. The first-order valence-electron chi connectivity index (χ1n) is 9.51. The fraction of sp³-hybridized carbons (Fsp3) is 0.778. The summed E-state index contributed by atoms with van der Waals surface area (Å²) in [5, 5.41) is 20.3. The average Bonchev–Trinajstić information content (AvgIpc) is 3.33. The Morgan fingerprint density at radius 1 is 1.19 bits per heavy atom. The molecule has 2 atom stereocenters. The predicted octanol–water partition coefficient (Wildman–Crippen LogP) is 2.20. The van der Waals surface area contributed by atoms with E-state index in [1.807, 2.05) is 4.90 Å². The van der Waals surface area contributed by atoms with E-state index in [1.165, 1.54) is 0 Å². The summed E-state index contributed by atoms with van der Waals surface area (Å²) < 4.78 is 0. The van der Waals surface area contributed by atoms with Crippen LogP contribution in [0.4, 0.5) is 5.13 Å². The monoisotopic (exact) mass is 378 g/mol. The van der Waals surface area contributed by atoms with Gasteiger partial charge in [-0.1, -0.05) is 38.0 Å². The Morgan fingerprint density at radius 2 is 1.92 bits per heavy atom. The van der Waals surface area contributed by atoms with Crippen molar-refractivity contribution in [3.8, 4) is 0 Å². The van der Waals surface area contributed by atoms with Crippen molar-refractivity contribution in [3.63, 3.8) is 0 Å². The minimum absolute atomic E-state index is 0.0447. The number of carboxylic acid groups (broad SMARTS) is 1. The van der Waals surface area contributed by atoms with Crippen molar-refractivity contribution in [1.82, 2.24) is 15.1 Å². The molecular formula is C18H26N4O3S. The second-order valence-electron chi connectivity index (χ2n) is 8.32. The van der Waals surface area contributed by atoms with E-state index < -0.39 is 11.4 Å². The van der Waals surface area contributed by atoms with Crippen LogP contribution in [0.2, 0.25) is 0 Å². The molecule has 3 aliphatic rings. The number of aromatic nitrogens is 2. The Kier molecular flexibility index (Phi) is 4.41. The summed E-state index contributed by atoms with van der Waals surface area (Å²) in [5.41, 5.74) is -0.877. The Morgan fingerprint density at radius 3 is 2.50 bits per heavy atom. The van der Waals surface area contributed by atoms with Crippen LogP contribution >= 0.6 is 11.3 Å². The zero-order valence-electron chi connectivity index (χ0n) is 15.3. The Labute approximate surface area is 157 Å². The molecule has 0 bridgehead atoms. The largest absolute Gasteiger partial charge is 0.481 e. The fourth-order valence-electron chi connectivity index (χ4n) is 4.70. The SMILES string of the molecule is CC(C)c1nnc(N2C[C@@H]3CN(C(=O)C4CCCC4)C[C@]3(C(=O)O)C2)s1. The smallest absolute Gasteiger partial charge is 0.313 e. The van der Waals surface area contributed by atoms with Crippen molar-refractivity contribution in [3.05, 3.63) is 5.01 Å². The number of carboxylic acids is 1. The lowest BCUT2D eigenvalue weighted by molar-refractivity contribution is -0.148. The number of nitrogens with zero attached hydrogens (tertiary/aromatic N) is 4. The van der Waals surface area contributed by atoms with Gasteiger partial charge >= 0.3 is 5.97 Å². The van der Waals surface area contributed by atoms with E-state index >= 15 is 0 Å². The van der Waals surface area contributed by atoms with Crippen LogP contribution in [0.5, 0.6) is 0 Å². The van der Waals surface area contributed by atoms with E-state index in [9.17, 15) is 14.7 Å². The quantitative estimate of drug-likeness (QED) is 0.864. The van der Waals surface area contributed by atoms with Gasteiger partial charge in [0.15, 0.2) is 0 Å². The van der Waals surface area contributed by atoms with Crippen LogP contribution in [0.1, 0.15) is 50.5 Å². The van der Waals surface area contributed by atoms with Crippen molar-refractivity contribution in [2.45, 2.75) is 45.4 Å². The van der Waals surface area contributed by atoms with Crippen LogP contribution in [0.15, 0.2) is 0 Å².